The maximum atomic E-state index is 2.27. The molecule has 0 aliphatic heterocycles. The van der Waals surface area contributed by atoms with Crippen LogP contribution in [0.4, 0.5) is 0 Å². The zero-order chi connectivity index (χ0) is 10.2. The second-order valence-corrected chi connectivity index (χ2v) is 4.75. The van der Waals surface area contributed by atoms with Crippen LogP contribution in [-0.2, 0) is 0 Å². The molecule has 0 aliphatic carbocycles. The van der Waals surface area contributed by atoms with Crippen molar-refractivity contribution in [3.63, 3.8) is 0 Å². The third-order valence-corrected chi connectivity index (χ3v) is 4.50. The molecule has 0 saturated heterocycles. The minimum absolute atomic E-state index is 0.917. The third kappa shape index (κ3) is 1.65. The molecule has 1 rings (SSSR count). The number of benzene rings is 1. The van der Waals surface area contributed by atoms with Gasteiger partial charge < -0.3 is 0 Å². The summed E-state index contributed by atoms with van der Waals surface area (Å²) in [5, 5.41) is 1.57. The molecule has 0 fully saturated rings. The van der Waals surface area contributed by atoms with Gasteiger partial charge in [-0.2, -0.15) is 0 Å². The van der Waals surface area contributed by atoms with Gasteiger partial charge in [-0.3, -0.25) is 0 Å². The van der Waals surface area contributed by atoms with E-state index in [1.165, 1.54) is 27.8 Å². The molecule has 0 N–H and O–H groups in total. The highest BCUT2D eigenvalue weighted by molar-refractivity contribution is 7.46. The molecule has 13 heavy (non-hydrogen) atoms. The van der Waals surface area contributed by atoms with E-state index < -0.39 is 0 Å². The van der Waals surface area contributed by atoms with Gasteiger partial charge in [0.05, 0.1) is 0 Å². The van der Waals surface area contributed by atoms with Crippen LogP contribution < -0.4 is 5.30 Å². The third-order valence-electron chi connectivity index (χ3n) is 3.25. The van der Waals surface area contributed by atoms with Crippen LogP contribution in [0.1, 0.15) is 27.8 Å². The van der Waals surface area contributed by atoms with Crippen molar-refractivity contribution in [2.75, 3.05) is 6.66 Å². The van der Waals surface area contributed by atoms with E-state index in [1.54, 1.807) is 5.30 Å². The maximum Gasteiger partial charge on any atom is -0.0210 e. The van der Waals surface area contributed by atoms with Crippen LogP contribution in [0.2, 0.25) is 0 Å². The Bertz CT molecular complexity index is 308. The highest BCUT2D eigenvalue weighted by Gasteiger charge is 2.09. The van der Waals surface area contributed by atoms with Crippen molar-refractivity contribution in [1.82, 2.24) is 0 Å². The molecule has 0 aromatic heterocycles. The summed E-state index contributed by atoms with van der Waals surface area (Å²) in [5.74, 6) is 0. The summed E-state index contributed by atoms with van der Waals surface area (Å²) in [6.45, 7) is 13.5. The summed E-state index contributed by atoms with van der Waals surface area (Å²) < 4.78 is 0. The fourth-order valence-electron chi connectivity index (χ4n) is 1.88. The maximum absolute atomic E-state index is 2.27. The molecule has 0 spiro atoms. The molecule has 0 amide bonds. The molecule has 1 aromatic carbocycles. The Morgan fingerprint density at radius 1 is 0.615 bits per heavy atom. The van der Waals surface area contributed by atoms with Gasteiger partial charge in [-0.15, -0.1) is 0 Å². The monoisotopic (exact) mass is 194 g/mol. The Balaban J connectivity index is 3.56. The molecule has 1 heteroatoms. The lowest BCUT2D eigenvalue weighted by Crippen LogP contribution is -2.11. The van der Waals surface area contributed by atoms with E-state index in [0.717, 1.165) is 8.58 Å². The highest BCUT2D eigenvalue weighted by Crippen LogP contribution is 2.23. The summed E-state index contributed by atoms with van der Waals surface area (Å²) in [5.41, 5.74) is 7.43. The van der Waals surface area contributed by atoms with Gasteiger partial charge in [0.1, 0.15) is 0 Å². The average Bonchev–Trinajstić information content (AvgIpc) is 2.13. The highest BCUT2D eigenvalue weighted by atomic mass is 31.1. The van der Waals surface area contributed by atoms with E-state index in [2.05, 4.69) is 41.3 Å². The van der Waals surface area contributed by atoms with E-state index >= 15 is 0 Å². The van der Waals surface area contributed by atoms with Gasteiger partial charge in [0.2, 0.25) is 0 Å². The summed E-state index contributed by atoms with van der Waals surface area (Å²) in [6.07, 6.45) is 0. The van der Waals surface area contributed by atoms with Crippen molar-refractivity contribution < 1.29 is 0 Å². The molecule has 1 unspecified atom stereocenters. The summed E-state index contributed by atoms with van der Waals surface area (Å²) in [6, 6.07) is 0. The smallest absolute Gasteiger partial charge is 0.0210 e. The predicted octanol–water partition coefficient (Wildman–Crippen LogP) is 3.16. The average molecular weight is 194 g/mol. The van der Waals surface area contributed by atoms with Crippen LogP contribution in [0.5, 0.6) is 0 Å². The van der Waals surface area contributed by atoms with E-state index in [-0.39, 0.29) is 0 Å². The SMILES string of the molecule is CPc1c(C)c(C)c(C)c(C)c1C. The lowest BCUT2D eigenvalue weighted by atomic mass is 9.95. The molecule has 0 radical (unpaired) electrons. The molecule has 1 aromatic rings. The normalized spacial score (nSPS) is 11.5. The molecule has 72 valence electrons. The van der Waals surface area contributed by atoms with Crippen LogP contribution in [0.15, 0.2) is 0 Å². The van der Waals surface area contributed by atoms with Crippen LogP contribution >= 0.6 is 8.58 Å². The van der Waals surface area contributed by atoms with Crippen molar-refractivity contribution in [2.24, 2.45) is 0 Å². The fraction of sp³-hybridized carbons (Fsp3) is 0.500. The Kier molecular flexibility index (Phi) is 3.14. The second-order valence-electron chi connectivity index (χ2n) is 3.75. The first kappa shape index (κ1) is 10.7. The topological polar surface area (TPSA) is 0 Å². The Labute approximate surface area is 83.5 Å². The Morgan fingerprint density at radius 2 is 0.923 bits per heavy atom. The zero-order valence-corrected chi connectivity index (χ0v) is 10.5. The largest absolute Gasteiger partial charge is 0.0930 e. The molecule has 0 heterocycles. The molecule has 0 saturated carbocycles. The summed E-state index contributed by atoms with van der Waals surface area (Å²) >= 11 is 0. The van der Waals surface area contributed by atoms with Crippen molar-refractivity contribution >= 4 is 13.9 Å². The standard InChI is InChI=1S/C12H19P/c1-7-8(2)10(4)12(13-6)11(5)9(7)3/h13H,1-6H3. The van der Waals surface area contributed by atoms with Gasteiger partial charge in [0.25, 0.3) is 0 Å². The van der Waals surface area contributed by atoms with Gasteiger partial charge in [0, 0.05) is 0 Å². The van der Waals surface area contributed by atoms with Crippen molar-refractivity contribution in [3.05, 3.63) is 27.8 Å². The quantitative estimate of drug-likeness (QED) is 0.602. The van der Waals surface area contributed by atoms with Crippen LogP contribution in [0.3, 0.4) is 0 Å². The van der Waals surface area contributed by atoms with Crippen molar-refractivity contribution in [1.29, 1.82) is 0 Å². The van der Waals surface area contributed by atoms with E-state index in [4.69, 9.17) is 0 Å². The van der Waals surface area contributed by atoms with Crippen LogP contribution in [0.25, 0.3) is 0 Å². The lowest BCUT2D eigenvalue weighted by molar-refractivity contribution is 1.20. The van der Waals surface area contributed by atoms with E-state index in [1.807, 2.05) is 0 Å². The number of hydrogen-bond acceptors (Lipinski definition) is 0. The van der Waals surface area contributed by atoms with Gasteiger partial charge in [-0.1, -0.05) is 8.58 Å². The van der Waals surface area contributed by atoms with Crippen molar-refractivity contribution in [2.45, 2.75) is 34.6 Å². The van der Waals surface area contributed by atoms with E-state index in [9.17, 15) is 0 Å². The fourth-order valence-corrected chi connectivity index (χ4v) is 3.00. The summed E-state index contributed by atoms with van der Waals surface area (Å²) in [4.78, 5) is 0. The van der Waals surface area contributed by atoms with Crippen molar-refractivity contribution in [3.8, 4) is 0 Å². The number of rotatable bonds is 1. The van der Waals surface area contributed by atoms with Gasteiger partial charge in [-0.25, -0.2) is 0 Å². The van der Waals surface area contributed by atoms with Gasteiger partial charge in [0.15, 0.2) is 0 Å². The molecule has 0 aliphatic rings. The first-order chi connectivity index (χ1) is 6.00. The van der Waals surface area contributed by atoms with Crippen LogP contribution in [0, 0.1) is 34.6 Å². The molecule has 0 nitrogen and oxygen atoms in total. The minimum Gasteiger partial charge on any atom is -0.0930 e. The number of hydrogen-bond donors (Lipinski definition) is 0. The first-order valence-electron chi connectivity index (χ1n) is 4.75. The molecule has 1 atom stereocenters. The molecular weight excluding hydrogens is 175 g/mol. The van der Waals surface area contributed by atoms with E-state index in [0.29, 0.717) is 0 Å². The Hall–Kier alpha value is -0.350. The zero-order valence-electron chi connectivity index (χ0n) is 9.50. The van der Waals surface area contributed by atoms with Gasteiger partial charge >= 0.3 is 0 Å². The molecular formula is C12H19P. The minimum atomic E-state index is 0.917. The second kappa shape index (κ2) is 3.80. The lowest BCUT2D eigenvalue weighted by Gasteiger charge is -2.17. The van der Waals surface area contributed by atoms with Gasteiger partial charge in [-0.05, 0) is 74.4 Å². The Morgan fingerprint density at radius 3 is 1.23 bits per heavy atom. The predicted molar refractivity (Wildman–Crippen MR) is 64.0 cm³/mol. The van der Waals surface area contributed by atoms with Crippen LogP contribution in [-0.4, -0.2) is 6.66 Å². The molecule has 0 bridgehead atoms. The summed E-state index contributed by atoms with van der Waals surface area (Å²) in [7, 11) is 0.917. The first-order valence-corrected chi connectivity index (χ1v) is 6.25.